The van der Waals surface area contributed by atoms with Crippen molar-refractivity contribution in [3.05, 3.63) is 63.5 Å². The van der Waals surface area contributed by atoms with Crippen LogP contribution < -0.4 is 5.32 Å². The molecule has 1 heterocycles. The Hall–Kier alpha value is -2.40. The molecule has 1 aromatic carbocycles. The van der Waals surface area contributed by atoms with Gasteiger partial charge in [-0.3, -0.25) is 4.79 Å². The van der Waals surface area contributed by atoms with Gasteiger partial charge in [0.2, 0.25) is 0 Å². The van der Waals surface area contributed by atoms with Crippen molar-refractivity contribution < 1.29 is 14.7 Å². The van der Waals surface area contributed by atoms with Crippen LogP contribution in [0, 0.1) is 0 Å². The minimum Gasteiger partial charge on any atom is -0.477 e. The summed E-state index contributed by atoms with van der Waals surface area (Å²) < 4.78 is 0. The molecule has 2 N–H and O–H groups in total. The van der Waals surface area contributed by atoms with E-state index in [1.165, 1.54) is 17.4 Å². The first-order valence-electron chi connectivity index (χ1n) is 6.97. The Kier molecular flexibility index (Phi) is 5.49. The largest absolute Gasteiger partial charge is 0.477 e. The van der Waals surface area contributed by atoms with Crippen molar-refractivity contribution in [2.75, 3.05) is 0 Å². The van der Waals surface area contributed by atoms with Crippen LogP contribution in [0.3, 0.4) is 0 Å². The number of thiophene rings is 1. The Morgan fingerprint density at radius 1 is 1.23 bits per heavy atom. The Balaban J connectivity index is 2.13. The number of benzene rings is 1. The molecule has 0 saturated carbocycles. The number of carboxylic acid groups (broad SMARTS) is 1. The van der Waals surface area contributed by atoms with Crippen molar-refractivity contribution in [1.82, 2.24) is 5.32 Å². The van der Waals surface area contributed by atoms with Gasteiger partial charge in [-0.15, -0.1) is 0 Å². The number of carboxylic acids is 1. The zero-order chi connectivity index (χ0) is 15.9. The van der Waals surface area contributed by atoms with Gasteiger partial charge in [0.1, 0.15) is 5.70 Å². The molecule has 5 heteroatoms. The molecular weight excluding hydrogens is 298 g/mol. The summed E-state index contributed by atoms with van der Waals surface area (Å²) in [5.41, 5.74) is 2.21. The van der Waals surface area contributed by atoms with E-state index in [-0.39, 0.29) is 5.70 Å². The number of hydrogen-bond donors (Lipinski definition) is 2. The molecule has 0 spiro atoms. The third-order valence-corrected chi connectivity index (χ3v) is 3.79. The molecule has 2 aromatic rings. The number of carbonyl (C=O) groups excluding carboxylic acids is 1. The van der Waals surface area contributed by atoms with E-state index in [0.717, 1.165) is 24.0 Å². The lowest BCUT2D eigenvalue weighted by molar-refractivity contribution is -0.132. The third kappa shape index (κ3) is 4.30. The molecule has 2 rings (SSSR count). The molecule has 0 fully saturated rings. The first-order chi connectivity index (χ1) is 10.6. The minimum absolute atomic E-state index is 0.138. The summed E-state index contributed by atoms with van der Waals surface area (Å²) in [6, 6.07) is 9.00. The van der Waals surface area contributed by atoms with Gasteiger partial charge in [0, 0.05) is 5.56 Å². The maximum Gasteiger partial charge on any atom is 0.352 e. The molecule has 114 valence electrons. The fraction of sp³-hybridized carbons (Fsp3) is 0.176. The number of rotatable bonds is 6. The molecule has 22 heavy (non-hydrogen) atoms. The van der Waals surface area contributed by atoms with Gasteiger partial charge >= 0.3 is 5.97 Å². The van der Waals surface area contributed by atoms with E-state index in [1.54, 1.807) is 18.2 Å². The number of aliphatic carboxylic acids is 1. The van der Waals surface area contributed by atoms with Crippen LogP contribution in [-0.4, -0.2) is 17.0 Å². The monoisotopic (exact) mass is 315 g/mol. The second-order valence-electron chi connectivity index (χ2n) is 4.82. The molecule has 1 aromatic heterocycles. The van der Waals surface area contributed by atoms with E-state index in [0.29, 0.717) is 5.56 Å². The lowest BCUT2D eigenvalue weighted by Crippen LogP contribution is -2.27. The standard InChI is InChI=1S/C17H17NO3S/c1-2-3-12-4-6-14(7-5-12)16(19)18-15(17(20)21)10-13-8-9-22-11-13/h4-11H,2-3H2,1H3,(H,18,19)(H,20,21)/b15-10+. The second kappa shape index (κ2) is 7.56. The molecule has 0 aliphatic heterocycles. The molecule has 0 saturated heterocycles. The molecule has 0 radical (unpaired) electrons. The smallest absolute Gasteiger partial charge is 0.352 e. The average molecular weight is 315 g/mol. The summed E-state index contributed by atoms with van der Waals surface area (Å²) in [5.74, 6) is -1.59. The highest BCUT2D eigenvalue weighted by Gasteiger charge is 2.13. The zero-order valence-corrected chi connectivity index (χ0v) is 13.0. The van der Waals surface area contributed by atoms with Crippen molar-refractivity contribution in [2.45, 2.75) is 19.8 Å². The Labute approximate surface area is 133 Å². The second-order valence-corrected chi connectivity index (χ2v) is 5.60. The fourth-order valence-electron chi connectivity index (χ4n) is 1.98. The molecule has 0 bridgehead atoms. The first kappa shape index (κ1) is 16.0. The van der Waals surface area contributed by atoms with Gasteiger partial charge in [0.05, 0.1) is 0 Å². The average Bonchev–Trinajstić information content (AvgIpc) is 3.00. The Morgan fingerprint density at radius 2 is 1.95 bits per heavy atom. The number of amides is 1. The van der Waals surface area contributed by atoms with Crippen LogP contribution in [0.4, 0.5) is 0 Å². The predicted molar refractivity (Wildman–Crippen MR) is 87.8 cm³/mol. The maximum atomic E-state index is 12.1. The van der Waals surface area contributed by atoms with Crippen molar-refractivity contribution in [2.24, 2.45) is 0 Å². The summed E-state index contributed by atoms with van der Waals surface area (Å²) in [6.45, 7) is 2.09. The number of aryl methyl sites for hydroxylation is 1. The molecule has 0 aliphatic rings. The topological polar surface area (TPSA) is 66.4 Å². The van der Waals surface area contributed by atoms with Crippen LogP contribution in [0.2, 0.25) is 0 Å². The van der Waals surface area contributed by atoms with Crippen LogP contribution in [0.15, 0.2) is 46.8 Å². The summed E-state index contributed by atoms with van der Waals surface area (Å²) in [5, 5.41) is 15.3. The quantitative estimate of drug-likeness (QED) is 0.801. The lowest BCUT2D eigenvalue weighted by Gasteiger charge is -2.07. The normalized spacial score (nSPS) is 11.2. The van der Waals surface area contributed by atoms with Gasteiger partial charge < -0.3 is 10.4 Å². The van der Waals surface area contributed by atoms with Gasteiger partial charge in [0.25, 0.3) is 5.91 Å². The third-order valence-electron chi connectivity index (χ3n) is 3.09. The van der Waals surface area contributed by atoms with Gasteiger partial charge in [-0.1, -0.05) is 25.5 Å². The lowest BCUT2D eigenvalue weighted by atomic mass is 10.1. The number of carbonyl (C=O) groups is 2. The Morgan fingerprint density at radius 3 is 2.50 bits per heavy atom. The molecule has 0 aliphatic carbocycles. The number of hydrogen-bond acceptors (Lipinski definition) is 3. The van der Waals surface area contributed by atoms with E-state index in [1.807, 2.05) is 22.9 Å². The van der Waals surface area contributed by atoms with Crippen molar-refractivity contribution >= 4 is 29.3 Å². The highest BCUT2D eigenvalue weighted by Crippen LogP contribution is 2.11. The maximum absolute atomic E-state index is 12.1. The van der Waals surface area contributed by atoms with E-state index >= 15 is 0 Å². The van der Waals surface area contributed by atoms with Gasteiger partial charge in [-0.05, 0) is 52.6 Å². The van der Waals surface area contributed by atoms with Crippen molar-refractivity contribution in [3.63, 3.8) is 0 Å². The van der Waals surface area contributed by atoms with Crippen LogP contribution in [-0.2, 0) is 11.2 Å². The zero-order valence-electron chi connectivity index (χ0n) is 12.2. The summed E-state index contributed by atoms with van der Waals surface area (Å²) in [6.07, 6.45) is 3.45. The minimum atomic E-state index is -1.16. The van der Waals surface area contributed by atoms with Crippen LogP contribution in [0.5, 0.6) is 0 Å². The predicted octanol–water partition coefficient (Wildman–Crippen LogP) is 3.56. The van der Waals surface area contributed by atoms with E-state index in [4.69, 9.17) is 0 Å². The van der Waals surface area contributed by atoms with E-state index in [9.17, 15) is 14.7 Å². The Bertz CT molecular complexity index is 672. The summed E-state index contributed by atoms with van der Waals surface area (Å²) >= 11 is 1.46. The number of nitrogens with one attached hydrogen (secondary N) is 1. The van der Waals surface area contributed by atoms with Gasteiger partial charge in [-0.25, -0.2) is 4.79 Å². The molecular formula is C17H17NO3S. The van der Waals surface area contributed by atoms with E-state index in [2.05, 4.69) is 12.2 Å². The van der Waals surface area contributed by atoms with Gasteiger partial charge in [-0.2, -0.15) is 11.3 Å². The SMILES string of the molecule is CCCc1ccc(C(=O)N/C(=C/c2ccsc2)C(=O)O)cc1. The van der Waals surface area contributed by atoms with Crippen LogP contribution in [0.1, 0.15) is 34.8 Å². The molecule has 0 unspecified atom stereocenters. The highest BCUT2D eigenvalue weighted by atomic mass is 32.1. The molecule has 4 nitrogen and oxygen atoms in total. The summed E-state index contributed by atoms with van der Waals surface area (Å²) in [7, 11) is 0. The van der Waals surface area contributed by atoms with E-state index < -0.39 is 11.9 Å². The summed E-state index contributed by atoms with van der Waals surface area (Å²) in [4.78, 5) is 23.4. The molecule has 1 amide bonds. The van der Waals surface area contributed by atoms with Gasteiger partial charge in [0.15, 0.2) is 0 Å². The van der Waals surface area contributed by atoms with Crippen molar-refractivity contribution in [1.29, 1.82) is 0 Å². The fourth-order valence-corrected chi connectivity index (χ4v) is 2.60. The van der Waals surface area contributed by atoms with Crippen LogP contribution in [0.25, 0.3) is 6.08 Å². The highest BCUT2D eigenvalue weighted by molar-refractivity contribution is 7.08. The van der Waals surface area contributed by atoms with Crippen molar-refractivity contribution in [3.8, 4) is 0 Å². The van der Waals surface area contributed by atoms with Crippen LogP contribution >= 0.6 is 11.3 Å². The molecule has 0 atom stereocenters. The first-order valence-corrected chi connectivity index (χ1v) is 7.92.